The molecule has 1 aromatic heterocycles. The minimum atomic E-state index is -2.48. The predicted molar refractivity (Wildman–Crippen MR) is 100 cm³/mol. The van der Waals surface area contributed by atoms with Crippen molar-refractivity contribution >= 4 is 5.96 Å². The van der Waals surface area contributed by atoms with E-state index >= 15 is 0 Å². The highest BCUT2D eigenvalue weighted by molar-refractivity contribution is 5.80. The van der Waals surface area contributed by atoms with Gasteiger partial charge < -0.3 is 15.0 Å². The molecule has 0 aliphatic carbocycles. The number of halogens is 2. The van der Waals surface area contributed by atoms with Crippen molar-refractivity contribution in [2.24, 2.45) is 12.0 Å². The summed E-state index contributed by atoms with van der Waals surface area (Å²) >= 11 is 0. The number of guanidine groups is 1. The van der Waals surface area contributed by atoms with Crippen LogP contribution in [0.4, 0.5) is 8.78 Å². The maximum Gasteiger partial charge on any atom is 0.272 e. The smallest absolute Gasteiger partial charge is 0.272 e. The van der Waals surface area contributed by atoms with Crippen LogP contribution in [0.2, 0.25) is 0 Å². The Labute approximate surface area is 157 Å². The first-order valence-electron chi connectivity index (χ1n) is 8.99. The molecule has 1 fully saturated rings. The number of hydrogen-bond acceptors (Lipinski definition) is 3. The summed E-state index contributed by atoms with van der Waals surface area (Å²) in [6.07, 6.45) is 2.57. The molecule has 3 rings (SSSR count). The van der Waals surface area contributed by atoms with Crippen molar-refractivity contribution in [3.05, 3.63) is 47.8 Å². The number of aryl methyl sites for hydroxylation is 1. The topological polar surface area (TPSA) is 54.7 Å². The molecule has 27 heavy (non-hydrogen) atoms. The third kappa shape index (κ3) is 5.18. The van der Waals surface area contributed by atoms with Crippen LogP contribution in [-0.4, -0.2) is 53.8 Å². The predicted octanol–water partition coefficient (Wildman–Crippen LogP) is 2.63. The number of aliphatic imine (C=N–C) groups is 1. The Morgan fingerprint density at radius 1 is 1.44 bits per heavy atom. The highest BCUT2D eigenvalue weighted by atomic mass is 19.3. The van der Waals surface area contributed by atoms with Crippen LogP contribution in [0.25, 0.3) is 0 Å². The van der Waals surface area contributed by atoms with Gasteiger partial charge in [0.2, 0.25) is 0 Å². The van der Waals surface area contributed by atoms with Gasteiger partial charge in [-0.1, -0.05) is 12.1 Å². The van der Waals surface area contributed by atoms with Crippen molar-refractivity contribution in [3.63, 3.8) is 0 Å². The Morgan fingerprint density at radius 2 is 2.30 bits per heavy atom. The van der Waals surface area contributed by atoms with Gasteiger partial charge in [0.25, 0.3) is 6.43 Å². The molecule has 1 aliphatic rings. The Bertz CT molecular complexity index is 777. The molecule has 1 aliphatic heterocycles. The number of alkyl halides is 2. The van der Waals surface area contributed by atoms with Crippen molar-refractivity contribution in [2.45, 2.75) is 25.3 Å². The molecular formula is C19H25F2N5O. The molecule has 0 radical (unpaired) electrons. The fraction of sp³-hybridized carbons (Fsp3) is 0.474. The second-order valence-electron chi connectivity index (χ2n) is 6.63. The molecule has 0 saturated carbocycles. The quantitative estimate of drug-likeness (QED) is 0.621. The number of nitrogens with zero attached hydrogens (tertiary/aromatic N) is 4. The summed E-state index contributed by atoms with van der Waals surface area (Å²) in [6, 6.07) is 7.18. The summed E-state index contributed by atoms with van der Waals surface area (Å²) in [6.45, 7) is 1.77. The molecule has 0 amide bonds. The van der Waals surface area contributed by atoms with E-state index in [1.54, 1.807) is 25.2 Å². The molecule has 2 aromatic rings. The van der Waals surface area contributed by atoms with E-state index < -0.39 is 13.0 Å². The number of nitrogens with one attached hydrogen (secondary N) is 1. The van der Waals surface area contributed by atoms with Gasteiger partial charge in [0.1, 0.15) is 12.4 Å². The fourth-order valence-corrected chi connectivity index (χ4v) is 3.29. The van der Waals surface area contributed by atoms with Crippen LogP contribution >= 0.6 is 0 Å². The van der Waals surface area contributed by atoms with E-state index in [0.717, 1.165) is 31.0 Å². The van der Waals surface area contributed by atoms with Gasteiger partial charge in [-0.05, 0) is 29.7 Å². The number of benzene rings is 1. The monoisotopic (exact) mass is 377 g/mol. The number of rotatable bonds is 6. The minimum Gasteiger partial charge on any atom is -0.488 e. The van der Waals surface area contributed by atoms with Gasteiger partial charge in [0.05, 0.1) is 6.20 Å². The second kappa shape index (κ2) is 8.83. The first-order valence-corrected chi connectivity index (χ1v) is 8.99. The van der Waals surface area contributed by atoms with Crippen LogP contribution in [0, 0.1) is 0 Å². The largest absolute Gasteiger partial charge is 0.488 e. The zero-order valence-corrected chi connectivity index (χ0v) is 15.6. The van der Waals surface area contributed by atoms with E-state index in [1.807, 2.05) is 24.0 Å². The maximum atomic E-state index is 12.3. The van der Waals surface area contributed by atoms with Crippen LogP contribution in [0.15, 0.2) is 41.7 Å². The third-order valence-corrected chi connectivity index (χ3v) is 4.62. The first-order chi connectivity index (χ1) is 13.0. The van der Waals surface area contributed by atoms with E-state index in [4.69, 9.17) is 4.74 Å². The molecule has 1 saturated heterocycles. The molecule has 1 atom stereocenters. The molecule has 0 spiro atoms. The van der Waals surface area contributed by atoms with Crippen LogP contribution < -0.4 is 10.1 Å². The fourth-order valence-electron chi connectivity index (χ4n) is 3.29. The van der Waals surface area contributed by atoms with E-state index in [2.05, 4.69) is 26.5 Å². The van der Waals surface area contributed by atoms with Crippen molar-refractivity contribution in [3.8, 4) is 5.75 Å². The van der Waals surface area contributed by atoms with E-state index in [-0.39, 0.29) is 0 Å². The van der Waals surface area contributed by atoms with Crippen LogP contribution in [0.5, 0.6) is 5.75 Å². The van der Waals surface area contributed by atoms with E-state index in [1.165, 1.54) is 5.56 Å². The molecule has 146 valence electrons. The third-order valence-electron chi connectivity index (χ3n) is 4.62. The molecular weight excluding hydrogens is 352 g/mol. The summed E-state index contributed by atoms with van der Waals surface area (Å²) in [7, 11) is 3.69. The van der Waals surface area contributed by atoms with Crippen LogP contribution in [-0.2, 0) is 13.6 Å². The van der Waals surface area contributed by atoms with Gasteiger partial charge >= 0.3 is 0 Å². The Kier molecular flexibility index (Phi) is 6.26. The highest BCUT2D eigenvalue weighted by Crippen LogP contribution is 2.26. The minimum absolute atomic E-state index is 0.447. The lowest BCUT2D eigenvalue weighted by atomic mass is 10.0. The first kappa shape index (κ1) is 19.1. The lowest BCUT2D eigenvalue weighted by Crippen LogP contribution is -2.39. The molecule has 6 nitrogen and oxygen atoms in total. The van der Waals surface area contributed by atoms with Crippen molar-refractivity contribution in [1.82, 2.24) is 20.0 Å². The standard InChI is InChI=1S/C19H25F2N5O/c1-22-19(26-7-6-15(12-26)16-10-24-25(2)11-16)23-9-14-4-3-5-17(8-14)27-13-18(20)21/h3-5,8,10-11,15,18H,6-7,9,12-13H2,1-2H3,(H,22,23). The summed E-state index contributed by atoms with van der Waals surface area (Å²) in [5.41, 5.74) is 2.20. The Balaban J connectivity index is 1.54. The average Bonchev–Trinajstić information content (AvgIpc) is 3.30. The Hall–Kier alpha value is -2.64. The molecule has 8 heteroatoms. The number of likely N-dealkylation sites (tertiary alicyclic amines) is 1. The van der Waals surface area contributed by atoms with Gasteiger partial charge in [-0.25, -0.2) is 8.78 Å². The maximum absolute atomic E-state index is 12.3. The van der Waals surface area contributed by atoms with Crippen molar-refractivity contribution in [1.29, 1.82) is 0 Å². The summed E-state index contributed by atoms with van der Waals surface area (Å²) in [5, 5.41) is 7.60. The SMILES string of the molecule is CN=C(NCc1cccc(OCC(F)F)c1)N1CCC(c2cnn(C)c2)C1. The lowest BCUT2D eigenvalue weighted by molar-refractivity contribution is 0.0818. The molecule has 1 unspecified atom stereocenters. The van der Waals surface area contributed by atoms with E-state index in [9.17, 15) is 8.78 Å². The zero-order chi connectivity index (χ0) is 19.2. The number of ether oxygens (including phenoxy) is 1. The summed E-state index contributed by atoms with van der Waals surface area (Å²) in [5.74, 6) is 1.73. The molecule has 0 bridgehead atoms. The summed E-state index contributed by atoms with van der Waals surface area (Å²) < 4.78 is 31.5. The Morgan fingerprint density at radius 3 is 3.00 bits per heavy atom. The van der Waals surface area contributed by atoms with E-state index in [0.29, 0.717) is 18.2 Å². The zero-order valence-electron chi connectivity index (χ0n) is 15.6. The van der Waals surface area contributed by atoms with Gasteiger partial charge in [-0.15, -0.1) is 0 Å². The van der Waals surface area contributed by atoms with Gasteiger partial charge in [0, 0.05) is 45.8 Å². The highest BCUT2D eigenvalue weighted by Gasteiger charge is 2.26. The van der Waals surface area contributed by atoms with Gasteiger partial charge in [0.15, 0.2) is 5.96 Å². The van der Waals surface area contributed by atoms with Gasteiger partial charge in [-0.2, -0.15) is 5.10 Å². The molecule has 1 N–H and O–H groups in total. The number of hydrogen-bond donors (Lipinski definition) is 1. The molecule has 1 aromatic carbocycles. The van der Waals surface area contributed by atoms with Gasteiger partial charge in [-0.3, -0.25) is 9.67 Å². The van der Waals surface area contributed by atoms with Crippen molar-refractivity contribution in [2.75, 3.05) is 26.7 Å². The lowest BCUT2D eigenvalue weighted by Gasteiger charge is -2.21. The van der Waals surface area contributed by atoms with Crippen molar-refractivity contribution < 1.29 is 13.5 Å². The molecule has 2 heterocycles. The van der Waals surface area contributed by atoms with Crippen LogP contribution in [0.1, 0.15) is 23.5 Å². The average molecular weight is 377 g/mol. The normalized spacial score (nSPS) is 17.6. The second-order valence-corrected chi connectivity index (χ2v) is 6.63. The van der Waals surface area contributed by atoms with Crippen LogP contribution in [0.3, 0.4) is 0 Å². The summed E-state index contributed by atoms with van der Waals surface area (Å²) in [4.78, 5) is 6.61. The number of aromatic nitrogens is 2.